The van der Waals surface area contributed by atoms with Crippen LogP contribution in [-0.2, 0) is 24.8 Å². The van der Waals surface area contributed by atoms with Gasteiger partial charge in [0.25, 0.3) is 0 Å². The van der Waals surface area contributed by atoms with E-state index >= 15 is 0 Å². The maximum Gasteiger partial charge on any atom is 0.322 e. The summed E-state index contributed by atoms with van der Waals surface area (Å²) in [4.78, 5) is 14.6. The van der Waals surface area contributed by atoms with Crippen LogP contribution >= 0.6 is 0 Å². The predicted octanol–water partition coefficient (Wildman–Crippen LogP) is 4.09. The highest BCUT2D eigenvalue weighted by molar-refractivity contribution is 5.95. The second-order valence-electron chi connectivity index (χ2n) is 7.25. The Kier molecular flexibility index (Phi) is 4.21. The molecule has 1 aliphatic heterocycles. The number of rotatable bonds is 4. The molecule has 1 saturated carbocycles. The van der Waals surface area contributed by atoms with Crippen LogP contribution in [0.4, 0.5) is 14.9 Å². The van der Waals surface area contributed by atoms with Crippen LogP contribution in [0.2, 0.25) is 0 Å². The molecule has 2 aromatic rings. The van der Waals surface area contributed by atoms with Crippen molar-refractivity contribution in [3.63, 3.8) is 0 Å². The van der Waals surface area contributed by atoms with Gasteiger partial charge < -0.3 is 9.84 Å². The van der Waals surface area contributed by atoms with Crippen molar-refractivity contribution in [2.75, 3.05) is 11.4 Å². The van der Waals surface area contributed by atoms with Gasteiger partial charge in [-0.2, -0.15) is 0 Å². The normalized spacial score (nSPS) is 17.3. The Balaban J connectivity index is 1.55. The molecule has 2 amide bonds. The molecule has 1 N–H and O–H groups in total. The van der Waals surface area contributed by atoms with Crippen molar-refractivity contribution in [3.05, 3.63) is 46.6 Å². The van der Waals surface area contributed by atoms with Crippen LogP contribution in [-0.4, -0.2) is 17.7 Å². The Bertz CT molecular complexity index is 820. The minimum Gasteiger partial charge on any atom is -0.361 e. The van der Waals surface area contributed by atoms with Crippen LogP contribution in [0.3, 0.4) is 0 Å². The van der Waals surface area contributed by atoms with E-state index in [-0.39, 0.29) is 17.3 Å². The van der Waals surface area contributed by atoms with Gasteiger partial charge in [0, 0.05) is 36.1 Å². The van der Waals surface area contributed by atoms with Crippen molar-refractivity contribution in [2.24, 2.45) is 0 Å². The molecular formula is C20H24FN3O2. The number of halogens is 1. The third-order valence-electron chi connectivity index (χ3n) is 5.85. The van der Waals surface area contributed by atoms with Gasteiger partial charge in [-0.1, -0.05) is 31.5 Å². The predicted molar refractivity (Wildman–Crippen MR) is 96.8 cm³/mol. The molecule has 0 bridgehead atoms. The third-order valence-corrected chi connectivity index (χ3v) is 5.85. The number of nitrogens with zero attached hydrogens (tertiary/aromatic N) is 2. The first-order valence-electron chi connectivity index (χ1n) is 9.40. The topological polar surface area (TPSA) is 58.4 Å². The van der Waals surface area contributed by atoms with Crippen LogP contribution < -0.4 is 10.2 Å². The average molecular weight is 357 g/mol. The number of amides is 2. The molecule has 5 nitrogen and oxygen atoms in total. The van der Waals surface area contributed by atoms with E-state index in [0.29, 0.717) is 18.8 Å². The second kappa shape index (κ2) is 6.41. The Morgan fingerprint density at radius 3 is 2.81 bits per heavy atom. The van der Waals surface area contributed by atoms with Gasteiger partial charge in [-0.15, -0.1) is 0 Å². The fraction of sp³-hybridized carbons (Fsp3) is 0.500. The molecule has 2 aliphatic rings. The number of hydrogen-bond donors (Lipinski definition) is 1. The zero-order chi connectivity index (χ0) is 18.3. The van der Waals surface area contributed by atoms with Crippen molar-refractivity contribution in [1.82, 2.24) is 10.5 Å². The summed E-state index contributed by atoms with van der Waals surface area (Å²) in [5.74, 6) is 0.614. The third kappa shape index (κ3) is 2.50. The number of aryl methyl sites for hydroxylation is 2. The molecule has 1 fully saturated rings. The summed E-state index contributed by atoms with van der Waals surface area (Å²) >= 11 is 0. The molecule has 0 atom stereocenters. The van der Waals surface area contributed by atoms with Gasteiger partial charge in [0.2, 0.25) is 0 Å². The first-order valence-corrected chi connectivity index (χ1v) is 9.40. The van der Waals surface area contributed by atoms with Crippen LogP contribution in [0.25, 0.3) is 0 Å². The smallest absolute Gasteiger partial charge is 0.322 e. The maximum absolute atomic E-state index is 14.5. The summed E-state index contributed by atoms with van der Waals surface area (Å²) in [6.07, 6.45) is 4.46. The summed E-state index contributed by atoms with van der Waals surface area (Å²) in [7, 11) is 0. The number of carbonyl (C=O) groups is 1. The van der Waals surface area contributed by atoms with E-state index in [1.165, 1.54) is 6.07 Å². The molecule has 0 radical (unpaired) electrons. The lowest BCUT2D eigenvalue weighted by Gasteiger charge is -2.38. The zero-order valence-corrected chi connectivity index (χ0v) is 15.3. The first-order chi connectivity index (χ1) is 12.6. The minimum absolute atomic E-state index is 0.189. The highest BCUT2D eigenvalue weighted by Crippen LogP contribution is 2.53. The highest BCUT2D eigenvalue weighted by atomic mass is 19.1. The number of aromatic nitrogens is 1. The van der Waals surface area contributed by atoms with Gasteiger partial charge in [-0.3, -0.25) is 4.90 Å². The lowest BCUT2D eigenvalue weighted by molar-refractivity contribution is 0.234. The number of carbonyl (C=O) groups excluding carboxylic acids is 1. The van der Waals surface area contributed by atoms with E-state index in [4.69, 9.17) is 4.52 Å². The molecule has 26 heavy (non-hydrogen) atoms. The van der Waals surface area contributed by atoms with Crippen LogP contribution in [0, 0.1) is 5.82 Å². The van der Waals surface area contributed by atoms with Gasteiger partial charge in [-0.05, 0) is 31.4 Å². The monoisotopic (exact) mass is 357 g/mol. The quantitative estimate of drug-likeness (QED) is 0.897. The van der Waals surface area contributed by atoms with E-state index in [9.17, 15) is 9.18 Å². The largest absolute Gasteiger partial charge is 0.361 e. The summed E-state index contributed by atoms with van der Waals surface area (Å²) in [6, 6.07) is 4.83. The molecule has 1 aromatic heterocycles. The summed E-state index contributed by atoms with van der Waals surface area (Å²) in [6.45, 7) is 4.95. The van der Waals surface area contributed by atoms with Crippen LogP contribution in [0.1, 0.15) is 55.7 Å². The number of anilines is 1. The Morgan fingerprint density at radius 1 is 1.35 bits per heavy atom. The Labute approximate surface area is 152 Å². The molecule has 1 aliphatic carbocycles. The van der Waals surface area contributed by atoms with Crippen molar-refractivity contribution in [1.29, 1.82) is 0 Å². The minimum atomic E-state index is -0.196. The number of urea groups is 1. The van der Waals surface area contributed by atoms with E-state index in [2.05, 4.69) is 10.5 Å². The summed E-state index contributed by atoms with van der Waals surface area (Å²) < 4.78 is 19.8. The van der Waals surface area contributed by atoms with Crippen LogP contribution in [0.5, 0.6) is 0 Å². The van der Waals surface area contributed by atoms with E-state index in [1.807, 2.05) is 19.9 Å². The molecule has 4 rings (SSSR count). The van der Waals surface area contributed by atoms with Gasteiger partial charge in [-0.25, -0.2) is 9.18 Å². The average Bonchev–Trinajstić information content (AvgIpc) is 3.18. The Hall–Kier alpha value is -2.37. The van der Waals surface area contributed by atoms with Gasteiger partial charge >= 0.3 is 6.03 Å². The molecule has 1 aromatic carbocycles. The number of benzene rings is 1. The summed E-state index contributed by atoms with van der Waals surface area (Å²) in [5.41, 5.74) is 3.07. The molecule has 0 unspecified atom stereocenters. The number of hydrogen-bond acceptors (Lipinski definition) is 3. The highest BCUT2D eigenvalue weighted by Gasteiger charge is 2.50. The molecular weight excluding hydrogens is 333 g/mol. The molecule has 2 heterocycles. The van der Waals surface area contributed by atoms with Crippen molar-refractivity contribution in [3.8, 4) is 0 Å². The lowest BCUT2D eigenvalue weighted by Crippen LogP contribution is -2.45. The Morgan fingerprint density at radius 2 is 2.15 bits per heavy atom. The molecule has 0 saturated heterocycles. The summed E-state index contributed by atoms with van der Waals surface area (Å²) in [5, 5.41) is 7.07. The molecule has 138 valence electrons. The van der Waals surface area contributed by atoms with Gasteiger partial charge in [0.05, 0.1) is 11.4 Å². The van der Waals surface area contributed by atoms with Gasteiger partial charge in [0.15, 0.2) is 0 Å². The first kappa shape index (κ1) is 17.1. The molecule has 1 spiro atoms. The van der Waals surface area contributed by atoms with E-state index < -0.39 is 0 Å². The van der Waals surface area contributed by atoms with Crippen molar-refractivity contribution < 1.29 is 13.7 Å². The lowest BCUT2D eigenvalue weighted by atomic mass is 9.65. The van der Waals surface area contributed by atoms with Crippen LogP contribution in [0.15, 0.2) is 22.7 Å². The number of nitrogens with one attached hydrogen (secondary N) is 1. The standard InChI is InChI=1S/C20H24FN3O2/c1-3-15-13(17(4-2)26-23-15)11-22-19(25)24-12-20(9-6-10-20)18-14(21)7-5-8-16(18)24/h5,7-8H,3-4,6,9-12H2,1-2H3,(H,22,25). The number of fused-ring (bicyclic) bond motifs is 2. The van der Waals surface area contributed by atoms with Gasteiger partial charge in [0.1, 0.15) is 11.6 Å². The van der Waals surface area contributed by atoms with Crippen molar-refractivity contribution in [2.45, 2.75) is 57.9 Å². The maximum atomic E-state index is 14.5. The fourth-order valence-electron chi connectivity index (χ4n) is 4.32. The fourth-order valence-corrected chi connectivity index (χ4v) is 4.32. The zero-order valence-electron chi connectivity index (χ0n) is 15.3. The van der Waals surface area contributed by atoms with Crippen molar-refractivity contribution >= 4 is 11.7 Å². The van der Waals surface area contributed by atoms with E-state index in [1.54, 1.807) is 11.0 Å². The van der Waals surface area contributed by atoms with E-state index in [0.717, 1.165) is 54.7 Å². The SMILES string of the molecule is CCc1noc(CC)c1CNC(=O)N1CC2(CCC2)c2c(F)cccc21. The molecule has 6 heteroatoms. The second-order valence-corrected chi connectivity index (χ2v) is 7.25.